The third-order valence-electron chi connectivity index (χ3n) is 5.16. The van der Waals surface area contributed by atoms with Gasteiger partial charge in [-0.05, 0) is 37.1 Å². The zero-order valence-electron chi connectivity index (χ0n) is 16.7. The van der Waals surface area contributed by atoms with Gasteiger partial charge in [-0.25, -0.2) is 9.97 Å². The van der Waals surface area contributed by atoms with Crippen LogP contribution < -0.4 is 5.32 Å². The van der Waals surface area contributed by atoms with Gasteiger partial charge in [-0.2, -0.15) is 5.26 Å². The van der Waals surface area contributed by atoms with E-state index in [1.54, 1.807) is 18.2 Å². The van der Waals surface area contributed by atoms with Crippen LogP contribution in [0.1, 0.15) is 41.7 Å². The number of carbonyl (C=O) groups is 1. The van der Waals surface area contributed by atoms with Crippen molar-refractivity contribution in [3.05, 3.63) is 71.9 Å². The lowest BCUT2D eigenvalue weighted by molar-refractivity contribution is 0.0756. The second-order valence-electron chi connectivity index (χ2n) is 7.35. The molecule has 4 rings (SSSR count). The van der Waals surface area contributed by atoms with Gasteiger partial charge >= 0.3 is 0 Å². The molecule has 1 aliphatic heterocycles. The minimum absolute atomic E-state index is 0.0561. The number of nitriles is 1. The number of nitrogens with one attached hydrogen (secondary N) is 1. The molecule has 1 fully saturated rings. The molecular formula is C24H23N5O. The quantitative estimate of drug-likeness (QED) is 0.685. The molecule has 6 nitrogen and oxygen atoms in total. The van der Waals surface area contributed by atoms with Gasteiger partial charge in [0, 0.05) is 30.4 Å². The molecule has 0 bridgehead atoms. The van der Waals surface area contributed by atoms with E-state index in [0.29, 0.717) is 22.9 Å². The van der Waals surface area contributed by atoms with Gasteiger partial charge in [0.05, 0.1) is 11.6 Å². The molecule has 0 atom stereocenters. The Hall–Kier alpha value is -3.72. The normalized spacial score (nSPS) is 13.9. The maximum atomic E-state index is 13.2. The Kier molecular flexibility index (Phi) is 6.00. The van der Waals surface area contributed by atoms with Crippen LogP contribution in [0.3, 0.4) is 0 Å². The van der Waals surface area contributed by atoms with Crippen molar-refractivity contribution in [2.75, 3.05) is 18.4 Å². The Morgan fingerprint density at radius 1 is 0.933 bits per heavy atom. The number of amides is 1. The summed E-state index contributed by atoms with van der Waals surface area (Å²) in [6, 6.07) is 20.6. The van der Waals surface area contributed by atoms with Crippen molar-refractivity contribution in [3.63, 3.8) is 0 Å². The number of hydrogen-bond acceptors (Lipinski definition) is 5. The van der Waals surface area contributed by atoms with Crippen LogP contribution in [-0.2, 0) is 0 Å². The number of carbonyl (C=O) groups excluding carboxylic acids is 1. The minimum Gasteiger partial charge on any atom is -0.340 e. The number of benzene rings is 2. The van der Waals surface area contributed by atoms with Crippen LogP contribution >= 0.6 is 0 Å². The molecule has 1 aliphatic rings. The van der Waals surface area contributed by atoms with Gasteiger partial charge in [0.15, 0.2) is 5.82 Å². The molecular weight excluding hydrogens is 374 g/mol. The summed E-state index contributed by atoms with van der Waals surface area (Å²) >= 11 is 0. The molecule has 0 saturated carbocycles. The number of likely N-dealkylation sites (tertiary alicyclic amines) is 1. The third-order valence-corrected chi connectivity index (χ3v) is 5.16. The number of hydrogen-bond donors (Lipinski definition) is 1. The fourth-order valence-electron chi connectivity index (χ4n) is 3.55. The highest BCUT2D eigenvalue weighted by atomic mass is 16.2. The predicted molar refractivity (Wildman–Crippen MR) is 116 cm³/mol. The first-order valence-corrected chi connectivity index (χ1v) is 10.2. The van der Waals surface area contributed by atoms with Crippen LogP contribution in [-0.4, -0.2) is 33.9 Å². The van der Waals surface area contributed by atoms with Gasteiger partial charge in [-0.1, -0.05) is 43.2 Å². The first-order chi connectivity index (χ1) is 14.7. The van der Waals surface area contributed by atoms with Crippen LogP contribution in [0.25, 0.3) is 11.4 Å². The number of rotatable bonds is 4. The van der Waals surface area contributed by atoms with Crippen molar-refractivity contribution in [1.82, 2.24) is 14.9 Å². The van der Waals surface area contributed by atoms with E-state index in [1.165, 1.54) is 0 Å². The lowest BCUT2D eigenvalue weighted by Crippen LogP contribution is -2.32. The predicted octanol–water partition coefficient (Wildman–Crippen LogP) is 4.78. The topological polar surface area (TPSA) is 81.9 Å². The molecule has 0 spiro atoms. The summed E-state index contributed by atoms with van der Waals surface area (Å²) in [6.07, 6.45) is 4.38. The van der Waals surface area contributed by atoms with E-state index < -0.39 is 0 Å². The third kappa shape index (κ3) is 4.64. The Morgan fingerprint density at radius 2 is 1.63 bits per heavy atom. The van der Waals surface area contributed by atoms with E-state index in [2.05, 4.69) is 21.4 Å². The maximum Gasteiger partial charge on any atom is 0.272 e. The summed E-state index contributed by atoms with van der Waals surface area (Å²) in [4.78, 5) is 24.3. The van der Waals surface area contributed by atoms with Crippen molar-refractivity contribution in [3.8, 4) is 17.5 Å². The van der Waals surface area contributed by atoms with E-state index >= 15 is 0 Å². The Bertz CT molecular complexity index is 1050. The molecule has 1 aromatic heterocycles. The molecule has 0 aliphatic carbocycles. The highest BCUT2D eigenvalue weighted by Gasteiger charge is 2.20. The molecule has 1 amide bonds. The Balaban J connectivity index is 1.68. The highest BCUT2D eigenvalue weighted by molar-refractivity contribution is 5.93. The fraction of sp³-hybridized carbons (Fsp3) is 0.250. The van der Waals surface area contributed by atoms with Crippen molar-refractivity contribution in [2.24, 2.45) is 0 Å². The fourth-order valence-corrected chi connectivity index (χ4v) is 3.55. The van der Waals surface area contributed by atoms with E-state index in [9.17, 15) is 4.79 Å². The van der Waals surface area contributed by atoms with E-state index in [4.69, 9.17) is 5.26 Å². The largest absolute Gasteiger partial charge is 0.340 e. The first-order valence-electron chi connectivity index (χ1n) is 10.2. The summed E-state index contributed by atoms with van der Waals surface area (Å²) in [7, 11) is 0. The second-order valence-corrected chi connectivity index (χ2v) is 7.35. The van der Waals surface area contributed by atoms with Gasteiger partial charge in [-0.15, -0.1) is 0 Å². The number of aromatic nitrogens is 2. The second kappa shape index (κ2) is 9.19. The van der Waals surface area contributed by atoms with Crippen LogP contribution in [0.5, 0.6) is 0 Å². The summed E-state index contributed by atoms with van der Waals surface area (Å²) in [5.74, 6) is 0.999. The molecule has 1 saturated heterocycles. The van der Waals surface area contributed by atoms with E-state index in [0.717, 1.165) is 50.0 Å². The zero-order chi connectivity index (χ0) is 20.8. The molecule has 1 N–H and O–H groups in total. The molecule has 2 aromatic carbocycles. The van der Waals surface area contributed by atoms with Gasteiger partial charge in [0.25, 0.3) is 5.91 Å². The van der Waals surface area contributed by atoms with Crippen LogP contribution in [0.4, 0.5) is 11.5 Å². The van der Waals surface area contributed by atoms with Crippen LogP contribution in [0, 0.1) is 11.3 Å². The van der Waals surface area contributed by atoms with Gasteiger partial charge in [0.1, 0.15) is 11.5 Å². The van der Waals surface area contributed by atoms with Gasteiger partial charge in [0.2, 0.25) is 0 Å². The maximum absolute atomic E-state index is 13.2. The minimum atomic E-state index is -0.0561. The van der Waals surface area contributed by atoms with Gasteiger partial charge < -0.3 is 10.2 Å². The standard InChI is InChI=1S/C24H23N5O/c25-17-18-10-12-20(13-11-18)26-22-16-21(24(30)29-14-6-1-2-7-15-29)27-23(28-22)19-8-4-3-5-9-19/h3-5,8-13,16H,1-2,6-7,14-15H2,(H,26,27,28). The molecule has 30 heavy (non-hydrogen) atoms. The van der Waals surface area contributed by atoms with Crippen molar-refractivity contribution < 1.29 is 4.79 Å². The molecule has 6 heteroatoms. The summed E-state index contributed by atoms with van der Waals surface area (Å²) in [5.41, 5.74) is 2.62. The molecule has 2 heterocycles. The SMILES string of the molecule is N#Cc1ccc(Nc2cc(C(=O)N3CCCCCC3)nc(-c3ccccc3)n2)cc1. The van der Waals surface area contributed by atoms with Crippen molar-refractivity contribution >= 4 is 17.4 Å². The van der Waals surface area contributed by atoms with E-state index in [1.807, 2.05) is 47.4 Å². The van der Waals surface area contributed by atoms with Crippen molar-refractivity contribution in [2.45, 2.75) is 25.7 Å². The highest BCUT2D eigenvalue weighted by Crippen LogP contribution is 2.22. The number of anilines is 2. The molecule has 3 aromatic rings. The molecule has 0 radical (unpaired) electrons. The molecule has 150 valence electrons. The smallest absolute Gasteiger partial charge is 0.272 e. The lowest BCUT2D eigenvalue weighted by atomic mass is 10.2. The lowest BCUT2D eigenvalue weighted by Gasteiger charge is -2.20. The summed E-state index contributed by atoms with van der Waals surface area (Å²) in [6.45, 7) is 1.53. The van der Waals surface area contributed by atoms with E-state index in [-0.39, 0.29) is 5.91 Å². The van der Waals surface area contributed by atoms with Crippen LogP contribution in [0.2, 0.25) is 0 Å². The molecule has 0 unspecified atom stereocenters. The summed E-state index contributed by atoms with van der Waals surface area (Å²) in [5, 5.41) is 12.2. The monoisotopic (exact) mass is 397 g/mol. The Labute approximate surface area is 176 Å². The van der Waals surface area contributed by atoms with Gasteiger partial charge in [-0.3, -0.25) is 4.79 Å². The summed E-state index contributed by atoms with van der Waals surface area (Å²) < 4.78 is 0. The first kappa shape index (κ1) is 19.6. The Morgan fingerprint density at radius 3 is 2.30 bits per heavy atom. The van der Waals surface area contributed by atoms with Crippen molar-refractivity contribution in [1.29, 1.82) is 5.26 Å². The number of nitrogens with zero attached hydrogens (tertiary/aromatic N) is 4. The average molecular weight is 397 g/mol. The zero-order valence-corrected chi connectivity index (χ0v) is 16.7. The average Bonchev–Trinajstić information content (AvgIpc) is 3.09. The van der Waals surface area contributed by atoms with Crippen LogP contribution in [0.15, 0.2) is 60.7 Å².